The molecule has 2 aromatic carbocycles. The number of nitrogen functional groups attached to an aromatic ring is 1. The third-order valence-corrected chi connectivity index (χ3v) is 4.84. The fourth-order valence-electron chi connectivity index (χ4n) is 3.07. The van der Waals surface area contributed by atoms with Crippen LogP contribution in [0.1, 0.15) is 55.4 Å². The summed E-state index contributed by atoms with van der Waals surface area (Å²) in [5.74, 6) is 0. The average Bonchev–Trinajstić information content (AvgIpc) is 2.66. The van der Waals surface area contributed by atoms with Crippen LogP contribution < -0.4 is 5.73 Å². The molecule has 0 aliphatic heterocycles. The van der Waals surface area contributed by atoms with Gasteiger partial charge in [-0.05, 0) is 49.1 Å². The molecule has 0 bridgehead atoms. The summed E-state index contributed by atoms with van der Waals surface area (Å²) in [7, 11) is 0. The summed E-state index contributed by atoms with van der Waals surface area (Å²) in [6.45, 7) is 5.77. The summed E-state index contributed by atoms with van der Waals surface area (Å²) in [5.41, 5.74) is 7.46. The number of hydrogen-bond acceptors (Lipinski definition) is 3. The topological polar surface area (TPSA) is 66.9 Å². The second-order valence-electron chi connectivity index (χ2n) is 6.67. The molecule has 0 aromatic heterocycles. The summed E-state index contributed by atoms with van der Waals surface area (Å²) in [6, 6.07) is 10.5. The second-order valence-corrected chi connectivity index (χ2v) is 6.67. The van der Waals surface area contributed by atoms with Crippen LogP contribution in [0.4, 0.5) is 18.9 Å². The van der Waals surface area contributed by atoms with E-state index >= 15 is 0 Å². The maximum absolute atomic E-state index is 12.5. The molecule has 1 atom stereocenters. The van der Waals surface area contributed by atoms with Crippen LogP contribution in [-0.4, -0.2) is 12.5 Å². The molecule has 0 amide bonds. The van der Waals surface area contributed by atoms with Crippen molar-refractivity contribution < 1.29 is 18.0 Å². The highest BCUT2D eigenvalue weighted by molar-refractivity contribution is 5.86. The van der Waals surface area contributed by atoms with E-state index in [1.165, 1.54) is 18.3 Å². The van der Waals surface area contributed by atoms with E-state index in [9.17, 15) is 18.0 Å². The molecule has 2 aromatic rings. The van der Waals surface area contributed by atoms with Crippen molar-refractivity contribution in [2.24, 2.45) is 0 Å². The van der Waals surface area contributed by atoms with Crippen LogP contribution >= 0.6 is 0 Å². The van der Waals surface area contributed by atoms with Crippen LogP contribution in [0.3, 0.4) is 0 Å². The smallest absolute Gasteiger partial charge is 0.398 e. The predicted octanol–water partition coefficient (Wildman–Crippen LogP) is 5.93. The third-order valence-electron chi connectivity index (χ3n) is 4.84. The van der Waals surface area contributed by atoms with Gasteiger partial charge in [-0.1, -0.05) is 44.5 Å². The number of carbonyl (C=O) groups is 1. The van der Waals surface area contributed by atoms with Crippen LogP contribution in [0.5, 0.6) is 0 Å². The van der Waals surface area contributed by atoms with E-state index in [-0.39, 0.29) is 0 Å². The van der Waals surface area contributed by atoms with E-state index in [0.717, 1.165) is 36.0 Å². The van der Waals surface area contributed by atoms with Gasteiger partial charge >= 0.3 is 6.18 Å². The van der Waals surface area contributed by atoms with Gasteiger partial charge in [0.05, 0.1) is 11.0 Å². The Hall–Kier alpha value is -2.63. The molecule has 3 nitrogen and oxygen atoms in total. The van der Waals surface area contributed by atoms with Crippen molar-refractivity contribution in [1.29, 1.82) is 5.41 Å². The number of anilines is 1. The number of aryl methyl sites for hydroxylation is 1. The maximum Gasteiger partial charge on any atom is 0.416 e. The maximum atomic E-state index is 12.5. The number of nitrogens with two attached hydrogens (primary N) is 1. The van der Waals surface area contributed by atoms with E-state index in [2.05, 4.69) is 0 Å². The summed E-state index contributed by atoms with van der Waals surface area (Å²) < 4.78 is 37.4. The molecule has 1 unspecified atom stereocenters. The Labute approximate surface area is 164 Å². The Morgan fingerprint density at radius 3 is 1.96 bits per heavy atom. The first-order chi connectivity index (χ1) is 13.1. The first kappa shape index (κ1) is 23.4. The third kappa shape index (κ3) is 5.68. The van der Waals surface area contributed by atoms with E-state index in [0.29, 0.717) is 24.1 Å². The molecule has 0 radical (unpaired) electrons. The SMILES string of the molecule is CCCC(C=O)(CC)c1ccc(C(F)(F)F)cc1.Cc1cccc(N)c1C=N. The lowest BCUT2D eigenvalue weighted by molar-refractivity contribution is -0.137. The number of hydrogen-bond donors (Lipinski definition) is 2. The molecular weight excluding hydrogens is 365 g/mol. The predicted molar refractivity (Wildman–Crippen MR) is 108 cm³/mol. The van der Waals surface area contributed by atoms with Crippen LogP contribution in [0.25, 0.3) is 0 Å². The van der Waals surface area contributed by atoms with Gasteiger partial charge in [-0.25, -0.2) is 0 Å². The number of benzene rings is 2. The monoisotopic (exact) mass is 392 g/mol. The van der Waals surface area contributed by atoms with Crippen LogP contribution in [-0.2, 0) is 16.4 Å². The summed E-state index contributed by atoms with van der Waals surface area (Å²) in [5, 5.41) is 7.02. The van der Waals surface area contributed by atoms with Crippen molar-refractivity contribution in [2.75, 3.05) is 5.73 Å². The Kier molecular flexibility index (Phi) is 8.41. The number of rotatable bonds is 6. The van der Waals surface area contributed by atoms with Gasteiger partial charge in [-0.2, -0.15) is 13.2 Å². The van der Waals surface area contributed by atoms with Gasteiger partial charge in [0.15, 0.2) is 0 Å². The van der Waals surface area contributed by atoms with Crippen molar-refractivity contribution >= 4 is 18.2 Å². The summed E-state index contributed by atoms with van der Waals surface area (Å²) in [6.07, 6.45) is -0.134. The number of carbonyl (C=O) groups excluding carboxylic acids is 1. The molecule has 152 valence electrons. The molecular formula is C22H27F3N2O. The standard InChI is InChI=1S/C14H17F3O.C8H10N2/c1-3-9-13(4-2,10-18)11-5-7-12(8-6-11)14(15,16)17;1-6-3-2-4-8(10)7(6)5-9/h5-8,10H,3-4,9H2,1-2H3;2-5,9H,10H2,1H3. The molecule has 6 heteroatoms. The van der Waals surface area contributed by atoms with Crippen molar-refractivity contribution in [2.45, 2.75) is 51.6 Å². The minimum absolute atomic E-state index is 0.593. The van der Waals surface area contributed by atoms with E-state index in [4.69, 9.17) is 11.1 Å². The van der Waals surface area contributed by atoms with Gasteiger partial charge in [-0.3, -0.25) is 0 Å². The second kappa shape index (κ2) is 10.1. The zero-order valence-corrected chi connectivity index (χ0v) is 16.4. The normalized spacial score (nSPS) is 13.1. The van der Waals surface area contributed by atoms with Gasteiger partial charge in [0.2, 0.25) is 0 Å². The first-order valence-electron chi connectivity index (χ1n) is 9.14. The average molecular weight is 392 g/mol. The van der Waals surface area contributed by atoms with Crippen molar-refractivity contribution in [1.82, 2.24) is 0 Å². The quantitative estimate of drug-likeness (QED) is 0.364. The number of alkyl halides is 3. The highest BCUT2D eigenvalue weighted by atomic mass is 19.4. The minimum Gasteiger partial charge on any atom is -0.398 e. The van der Waals surface area contributed by atoms with Crippen LogP contribution in [0.15, 0.2) is 42.5 Å². The van der Waals surface area contributed by atoms with E-state index in [1.54, 1.807) is 6.07 Å². The molecule has 2 rings (SSSR count). The molecule has 0 aliphatic carbocycles. The molecule has 0 spiro atoms. The molecule has 0 aliphatic rings. The summed E-state index contributed by atoms with van der Waals surface area (Å²) in [4.78, 5) is 11.3. The Morgan fingerprint density at radius 2 is 1.61 bits per heavy atom. The minimum atomic E-state index is -4.33. The van der Waals surface area contributed by atoms with E-state index in [1.807, 2.05) is 32.9 Å². The van der Waals surface area contributed by atoms with Gasteiger partial charge < -0.3 is 15.9 Å². The van der Waals surface area contributed by atoms with Crippen molar-refractivity contribution in [3.05, 3.63) is 64.7 Å². The van der Waals surface area contributed by atoms with Gasteiger partial charge in [-0.15, -0.1) is 0 Å². The Morgan fingerprint density at radius 1 is 1.04 bits per heavy atom. The zero-order valence-electron chi connectivity index (χ0n) is 16.4. The lowest BCUT2D eigenvalue weighted by Gasteiger charge is -2.27. The lowest BCUT2D eigenvalue weighted by Crippen LogP contribution is -2.27. The molecule has 3 N–H and O–H groups in total. The number of halogens is 3. The lowest BCUT2D eigenvalue weighted by atomic mass is 9.76. The fourth-order valence-corrected chi connectivity index (χ4v) is 3.07. The van der Waals surface area contributed by atoms with Crippen molar-refractivity contribution in [3.8, 4) is 0 Å². The zero-order chi connectivity index (χ0) is 21.4. The van der Waals surface area contributed by atoms with Gasteiger partial charge in [0.1, 0.15) is 6.29 Å². The molecule has 0 fully saturated rings. The summed E-state index contributed by atoms with van der Waals surface area (Å²) >= 11 is 0. The molecule has 0 heterocycles. The largest absolute Gasteiger partial charge is 0.416 e. The number of aldehydes is 1. The highest BCUT2D eigenvalue weighted by Crippen LogP contribution is 2.34. The first-order valence-corrected chi connectivity index (χ1v) is 9.14. The Bertz CT molecular complexity index is 765. The Balaban J connectivity index is 0.000000330. The van der Waals surface area contributed by atoms with Gasteiger partial charge in [0.25, 0.3) is 0 Å². The molecule has 28 heavy (non-hydrogen) atoms. The number of nitrogens with one attached hydrogen (secondary N) is 1. The van der Waals surface area contributed by atoms with Gasteiger partial charge in [0, 0.05) is 17.5 Å². The van der Waals surface area contributed by atoms with Crippen LogP contribution in [0.2, 0.25) is 0 Å². The van der Waals surface area contributed by atoms with E-state index < -0.39 is 17.2 Å². The molecule has 0 saturated heterocycles. The van der Waals surface area contributed by atoms with Crippen LogP contribution in [0, 0.1) is 12.3 Å². The highest BCUT2D eigenvalue weighted by Gasteiger charge is 2.33. The molecule has 0 saturated carbocycles. The van der Waals surface area contributed by atoms with Crippen molar-refractivity contribution in [3.63, 3.8) is 0 Å². The fraction of sp³-hybridized carbons (Fsp3) is 0.364.